The molecule has 0 bridgehead atoms. The molecule has 30 heavy (non-hydrogen) atoms. The molecule has 1 saturated carbocycles. The second kappa shape index (κ2) is 9.37. The molecule has 3 aliphatic rings. The highest BCUT2D eigenvalue weighted by atomic mass is 16.2. The Bertz CT molecular complexity index is 700. The highest BCUT2D eigenvalue weighted by Gasteiger charge is 2.51. The number of hydrogen-bond donors (Lipinski definition) is 0. The smallest absolute Gasteiger partial charge is 0.222 e. The lowest BCUT2D eigenvalue weighted by atomic mass is 9.70. The van der Waals surface area contributed by atoms with Crippen molar-refractivity contribution in [2.45, 2.75) is 97.1 Å². The minimum atomic E-state index is 0.159. The third kappa shape index (κ3) is 4.44. The molecule has 4 rings (SSSR count). The van der Waals surface area contributed by atoms with E-state index in [9.17, 15) is 4.79 Å². The maximum absolute atomic E-state index is 13.3. The van der Waals surface area contributed by atoms with Gasteiger partial charge in [0.15, 0.2) is 0 Å². The molecule has 1 amide bonds. The Morgan fingerprint density at radius 2 is 1.93 bits per heavy atom. The number of carbonyl (C=O) groups excluding carboxylic acids is 1. The van der Waals surface area contributed by atoms with Crippen molar-refractivity contribution in [1.29, 1.82) is 0 Å². The van der Waals surface area contributed by atoms with Crippen molar-refractivity contribution >= 4 is 5.91 Å². The lowest BCUT2D eigenvalue weighted by Gasteiger charge is -2.43. The van der Waals surface area contributed by atoms with Crippen LogP contribution in [0.3, 0.4) is 0 Å². The lowest BCUT2D eigenvalue weighted by molar-refractivity contribution is -0.132. The third-order valence-electron chi connectivity index (χ3n) is 8.13. The summed E-state index contributed by atoms with van der Waals surface area (Å²) in [5.41, 5.74) is 0.159. The van der Waals surface area contributed by atoms with Gasteiger partial charge in [-0.25, -0.2) is 0 Å². The number of nitrogens with zero attached hydrogens (tertiary/aromatic N) is 5. The van der Waals surface area contributed by atoms with Gasteiger partial charge in [0, 0.05) is 43.4 Å². The first-order valence-electron chi connectivity index (χ1n) is 12.4. The number of carbonyl (C=O) groups is 1. The molecule has 1 aromatic rings. The zero-order chi connectivity index (χ0) is 21.1. The summed E-state index contributed by atoms with van der Waals surface area (Å²) in [4.78, 5) is 18.1. The van der Waals surface area contributed by atoms with Gasteiger partial charge in [-0.2, -0.15) is 0 Å². The quantitative estimate of drug-likeness (QED) is 0.703. The van der Waals surface area contributed by atoms with Crippen LogP contribution < -0.4 is 0 Å². The molecule has 0 aromatic carbocycles. The molecule has 168 valence electrons. The summed E-state index contributed by atoms with van der Waals surface area (Å²) in [6.07, 6.45) is 12.5. The van der Waals surface area contributed by atoms with E-state index >= 15 is 0 Å². The second-order valence-corrected chi connectivity index (χ2v) is 10.4. The minimum Gasteiger partial charge on any atom is -0.341 e. The summed E-state index contributed by atoms with van der Waals surface area (Å²) < 4.78 is 2.25. The summed E-state index contributed by atoms with van der Waals surface area (Å²) in [6.45, 7) is 11.7. The Kier molecular flexibility index (Phi) is 6.81. The summed E-state index contributed by atoms with van der Waals surface area (Å²) in [7, 11) is 0. The van der Waals surface area contributed by atoms with E-state index in [-0.39, 0.29) is 5.41 Å². The van der Waals surface area contributed by atoms with E-state index in [0.29, 0.717) is 23.8 Å². The monoisotopic (exact) mass is 415 g/mol. The van der Waals surface area contributed by atoms with Crippen LogP contribution in [0, 0.1) is 11.3 Å². The lowest BCUT2D eigenvalue weighted by Crippen LogP contribution is -2.46. The Morgan fingerprint density at radius 3 is 2.60 bits per heavy atom. The van der Waals surface area contributed by atoms with Crippen molar-refractivity contribution in [3.05, 3.63) is 12.2 Å². The number of likely N-dealkylation sites (tertiary alicyclic amines) is 2. The number of rotatable bonds is 6. The molecule has 6 heteroatoms. The van der Waals surface area contributed by atoms with E-state index in [2.05, 4.69) is 45.3 Å². The van der Waals surface area contributed by atoms with Gasteiger partial charge in [-0.1, -0.05) is 26.2 Å². The number of aryl methyl sites for hydroxylation is 1. The van der Waals surface area contributed by atoms with Crippen LogP contribution in [-0.2, 0) is 11.3 Å². The van der Waals surface area contributed by atoms with Gasteiger partial charge in [0.25, 0.3) is 0 Å². The van der Waals surface area contributed by atoms with E-state index in [1.165, 1.54) is 32.1 Å². The average Bonchev–Trinajstić information content (AvgIpc) is 3.34. The highest BCUT2D eigenvalue weighted by molar-refractivity contribution is 5.77. The summed E-state index contributed by atoms with van der Waals surface area (Å²) in [5, 5.41) is 8.86. The minimum absolute atomic E-state index is 0.159. The first-order valence-corrected chi connectivity index (χ1v) is 12.4. The molecule has 1 spiro atoms. The fourth-order valence-corrected chi connectivity index (χ4v) is 6.22. The Balaban J connectivity index is 1.53. The van der Waals surface area contributed by atoms with E-state index in [0.717, 1.165) is 64.2 Å². The molecular formula is C24H41N5O. The molecule has 3 fully saturated rings. The zero-order valence-electron chi connectivity index (χ0n) is 19.4. The normalized spacial score (nSPS) is 25.5. The van der Waals surface area contributed by atoms with Crippen molar-refractivity contribution in [2.24, 2.45) is 11.3 Å². The first-order chi connectivity index (χ1) is 14.5. The van der Waals surface area contributed by atoms with Gasteiger partial charge in [-0.15, -0.1) is 10.2 Å². The zero-order valence-corrected chi connectivity index (χ0v) is 19.4. The highest BCUT2D eigenvalue weighted by Crippen LogP contribution is 2.50. The molecule has 6 nitrogen and oxygen atoms in total. The molecule has 3 heterocycles. The van der Waals surface area contributed by atoms with Crippen LogP contribution in [0.4, 0.5) is 0 Å². The molecular weight excluding hydrogens is 374 g/mol. The molecule has 1 atom stereocenters. The average molecular weight is 416 g/mol. The number of aromatic nitrogens is 3. The van der Waals surface area contributed by atoms with E-state index in [1.54, 1.807) is 0 Å². The van der Waals surface area contributed by atoms with Gasteiger partial charge in [0.1, 0.15) is 12.2 Å². The maximum Gasteiger partial charge on any atom is 0.222 e. The van der Waals surface area contributed by atoms with Crippen molar-refractivity contribution in [2.75, 3.05) is 26.2 Å². The van der Waals surface area contributed by atoms with Gasteiger partial charge < -0.3 is 14.4 Å². The molecule has 0 radical (unpaired) electrons. The van der Waals surface area contributed by atoms with E-state index in [1.807, 2.05) is 6.33 Å². The Morgan fingerprint density at radius 1 is 1.20 bits per heavy atom. The Labute approximate surface area is 182 Å². The number of hydrogen-bond acceptors (Lipinski definition) is 4. The fourth-order valence-electron chi connectivity index (χ4n) is 6.22. The summed E-state index contributed by atoms with van der Waals surface area (Å²) >= 11 is 0. The van der Waals surface area contributed by atoms with E-state index in [4.69, 9.17) is 0 Å². The van der Waals surface area contributed by atoms with E-state index < -0.39 is 0 Å². The summed E-state index contributed by atoms with van der Waals surface area (Å²) in [6, 6.07) is 0.593. The van der Waals surface area contributed by atoms with Gasteiger partial charge in [-0.3, -0.25) is 4.79 Å². The molecule has 1 aromatic heterocycles. The Hall–Kier alpha value is -1.43. The van der Waals surface area contributed by atoms with Crippen molar-refractivity contribution in [1.82, 2.24) is 24.6 Å². The standard InChI is InChI=1S/C24H41N5O/c1-4-12-28-18-25-26-23(28)21-16-29(22(30)15-20-8-6-5-7-9-20)17-24(21)10-13-27(14-11-24)19(2)3/h18-21H,4-17H2,1-3H3. The van der Waals surface area contributed by atoms with Crippen molar-refractivity contribution in [3.63, 3.8) is 0 Å². The van der Waals surface area contributed by atoms with Crippen LogP contribution in [0.2, 0.25) is 0 Å². The van der Waals surface area contributed by atoms with Gasteiger partial charge in [-0.05, 0) is 65.0 Å². The molecule has 2 saturated heterocycles. The number of amides is 1. The number of piperidine rings is 1. The van der Waals surface area contributed by atoms with Crippen LogP contribution in [0.25, 0.3) is 0 Å². The molecule has 2 aliphatic heterocycles. The maximum atomic E-state index is 13.3. The van der Waals surface area contributed by atoms with Gasteiger partial charge in [0.05, 0.1) is 0 Å². The molecule has 1 aliphatic carbocycles. The third-order valence-corrected chi connectivity index (χ3v) is 8.13. The van der Waals surface area contributed by atoms with Crippen LogP contribution in [0.5, 0.6) is 0 Å². The van der Waals surface area contributed by atoms with Gasteiger partial charge >= 0.3 is 0 Å². The van der Waals surface area contributed by atoms with Crippen molar-refractivity contribution in [3.8, 4) is 0 Å². The predicted molar refractivity (Wildman–Crippen MR) is 119 cm³/mol. The van der Waals surface area contributed by atoms with Crippen LogP contribution in [0.1, 0.15) is 90.3 Å². The second-order valence-electron chi connectivity index (χ2n) is 10.4. The fraction of sp³-hybridized carbons (Fsp3) is 0.875. The van der Waals surface area contributed by atoms with Crippen LogP contribution in [-0.4, -0.2) is 62.7 Å². The van der Waals surface area contributed by atoms with Crippen LogP contribution >= 0.6 is 0 Å². The van der Waals surface area contributed by atoms with Gasteiger partial charge in [0.2, 0.25) is 5.91 Å². The van der Waals surface area contributed by atoms with Crippen molar-refractivity contribution < 1.29 is 4.79 Å². The van der Waals surface area contributed by atoms with Crippen LogP contribution in [0.15, 0.2) is 6.33 Å². The predicted octanol–water partition coefficient (Wildman–Crippen LogP) is 4.07. The largest absolute Gasteiger partial charge is 0.341 e. The molecule has 1 unspecified atom stereocenters. The first kappa shape index (κ1) is 21.8. The molecule has 0 N–H and O–H groups in total. The summed E-state index contributed by atoms with van der Waals surface area (Å²) in [5.74, 6) is 2.42. The topological polar surface area (TPSA) is 54.3 Å². The SMILES string of the molecule is CCCn1cnnc1C1CN(C(=O)CC2CCCCC2)CC12CCN(C(C)C)CC2.